The van der Waals surface area contributed by atoms with Gasteiger partial charge in [0.05, 0.1) is 12.8 Å². The predicted molar refractivity (Wildman–Crippen MR) is 91.7 cm³/mol. The normalized spacial score (nSPS) is 39.1. The number of anilines is 2. The molecule has 2 aliphatic rings. The molecule has 2 aliphatic heterocycles. The Morgan fingerprint density at radius 2 is 1.95 bits per heavy atom. The van der Waals surface area contributed by atoms with E-state index in [2.05, 4.69) is 0 Å². The fourth-order valence-corrected chi connectivity index (χ4v) is 2.77. The molecule has 0 aliphatic carbocycles. The van der Waals surface area contributed by atoms with E-state index in [0.717, 1.165) is 5.69 Å². The second-order valence-corrected chi connectivity index (χ2v) is 5.30. The van der Waals surface area contributed by atoms with Gasteiger partial charge in [0, 0.05) is 72.0 Å². The predicted octanol–water partition coefficient (Wildman–Crippen LogP) is 1.49. The Labute approximate surface area is 149 Å². The molecule has 0 amide bonds. The van der Waals surface area contributed by atoms with Gasteiger partial charge in [-0.05, 0) is 32.0 Å². The first-order chi connectivity index (χ1) is 14.9. The van der Waals surface area contributed by atoms with Gasteiger partial charge in [0.15, 0.2) is 0 Å². The van der Waals surface area contributed by atoms with Crippen molar-refractivity contribution in [3.63, 3.8) is 0 Å². The quantitative estimate of drug-likeness (QED) is 0.856. The minimum atomic E-state index is -3.41. The van der Waals surface area contributed by atoms with E-state index < -0.39 is 39.0 Å². The van der Waals surface area contributed by atoms with Crippen LogP contribution < -0.4 is 15.4 Å². The first-order valence-electron chi connectivity index (χ1n) is 12.7. The van der Waals surface area contributed by atoms with Crippen molar-refractivity contribution in [1.29, 1.82) is 0 Å². The summed E-state index contributed by atoms with van der Waals surface area (Å²) in [6, 6.07) is 4.27. The lowest BCUT2D eigenvalue weighted by Gasteiger charge is -2.42. The van der Waals surface area contributed by atoms with Crippen molar-refractivity contribution in [1.82, 2.24) is 9.80 Å². The van der Waals surface area contributed by atoms with E-state index in [1.54, 1.807) is 18.2 Å². The summed E-state index contributed by atoms with van der Waals surface area (Å²) in [5, 5.41) is 0. The fourth-order valence-electron chi connectivity index (χ4n) is 2.77. The van der Waals surface area contributed by atoms with Crippen molar-refractivity contribution in [2.75, 3.05) is 63.8 Å². The van der Waals surface area contributed by atoms with Gasteiger partial charge < -0.3 is 20.3 Å². The molecule has 0 radical (unpaired) electrons. The van der Waals surface area contributed by atoms with Gasteiger partial charge in [0.1, 0.15) is 5.75 Å². The summed E-state index contributed by atoms with van der Waals surface area (Å²) in [6.07, 6.45) is 0.374. The maximum Gasteiger partial charge on any atom is 0.144 e. The van der Waals surface area contributed by atoms with Crippen LogP contribution in [0.3, 0.4) is 0 Å². The molecule has 3 rings (SSSR count). The summed E-state index contributed by atoms with van der Waals surface area (Å²) in [6.45, 7) is -15.7. The van der Waals surface area contributed by atoms with Crippen LogP contribution in [-0.2, 0) is 0 Å². The van der Waals surface area contributed by atoms with Crippen LogP contribution in [0.25, 0.3) is 0 Å². The van der Waals surface area contributed by atoms with E-state index in [-0.39, 0.29) is 17.7 Å². The highest BCUT2D eigenvalue weighted by Crippen LogP contribution is 2.32. The zero-order valence-electron chi connectivity index (χ0n) is 23.5. The zero-order valence-corrected chi connectivity index (χ0v) is 12.5. The monoisotopic (exact) mass is 315 g/mol. The number of likely N-dealkylation sites (N-methyl/N-ethyl adjacent to an activating group) is 1. The van der Waals surface area contributed by atoms with Crippen molar-refractivity contribution >= 4 is 11.4 Å². The van der Waals surface area contributed by atoms with Crippen molar-refractivity contribution in [3.05, 3.63) is 18.2 Å². The fraction of sp³-hybridized carbons (Fsp3) is 0.647. The maximum absolute atomic E-state index is 8.44. The molecular formula is C17H28N4O. The number of piperazine rings is 1. The first-order valence-corrected chi connectivity index (χ1v) is 7.19. The lowest BCUT2D eigenvalue weighted by Crippen LogP contribution is -2.52. The highest BCUT2D eigenvalue weighted by atomic mass is 16.5. The molecule has 5 nitrogen and oxygen atoms in total. The summed E-state index contributed by atoms with van der Waals surface area (Å²) < 4.78 is 94.8. The van der Waals surface area contributed by atoms with Gasteiger partial charge in [-0.15, -0.1) is 0 Å². The molecule has 1 aromatic rings. The number of methoxy groups -OCH3 is 1. The van der Waals surface area contributed by atoms with E-state index >= 15 is 0 Å². The van der Waals surface area contributed by atoms with E-state index in [4.69, 9.17) is 25.5 Å². The Morgan fingerprint density at radius 3 is 2.59 bits per heavy atom. The molecule has 1 aromatic carbocycles. The molecular weight excluding hydrogens is 276 g/mol. The Morgan fingerprint density at radius 1 is 1.23 bits per heavy atom. The van der Waals surface area contributed by atoms with Crippen LogP contribution in [0.5, 0.6) is 5.75 Å². The third kappa shape index (κ3) is 3.31. The van der Waals surface area contributed by atoms with Gasteiger partial charge in [-0.25, -0.2) is 0 Å². The van der Waals surface area contributed by atoms with Crippen LogP contribution in [0.4, 0.5) is 11.4 Å². The van der Waals surface area contributed by atoms with E-state index in [0.29, 0.717) is 29.4 Å². The van der Waals surface area contributed by atoms with Crippen molar-refractivity contribution < 1.29 is 19.8 Å². The van der Waals surface area contributed by atoms with E-state index in [1.807, 2.05) is 4.90 Å². The molecule has 22 heavy (non-hydrogen) atoms. The molecule has 2 saturated heterocycles. The van der Waals surface area contributed by atoms with E-state index in [1.165, 1.54) is 7.11 Å². The molecule has 2 fully saturated rings. The average molecular weight is 316 g/mol. The van der Waals surface area contributed by atoms with Crippen molar-refractivity contribution in [2.24, 2.45) is 0 Å². The highest BCUT2D eigenvalue weighted by molar-refractivity contribution is 5.64. The smallest absolute Gasteiger partial charge is 0.144 e. The van der Waals surface area contributed by atoms with Crippen LogP contribution in [-0.4, -0.2) is 69.0 Å². The molecule has 0 aromatic heterocycles. The van der Waals surface area contributed by atoms with Crippen LogP contribution in [0, 0.1) is 0 Å². The molecule has 0 atom stereocenters. The number of piperidine rings is 1. The second kappa shape index (κ2) is 6.75. The third-order valence-corrected chi connectivity index (χ3v) is 3.94. The topological polar surface area (TPSA) is 45.0 Å². The van der Waals surface area contributed by atoms with Gasteiger partial charge >= 0.3 is 0 Å². The Bertz CT molecular complexity index is 856. The number of ether oxygens (including phenoxy) is 1. The molecule has 2 N–H and O–H groups in total. The SMILES string of the molecule is [2H]C([2H])([2H])N1C([2H])([2H])C([2H])([2H])N(C2CCN(c3ccc(N)cc3OC)CC2)C([2H])([2H])C1([2H])[2H]. The number of hydrogen-bond donors (Lipinski definition) is 1. The molecule has 0 saturated carbocycles. The first kappa shape index (κ1) is 6.97. The third-order valence-electron chi connectivity index (χ3n) is 3.94. The lowest BCUT2D eigenvalue weighted by molar-refractivity contribution is 0.0981. The number of benzene rings is 1. The summed E-state index contributed by atoms with van der Waals surface area (Å²) in [5.74, 6) is 0.540. The minimum absolute atomic E-state index is 0.187. The largest absolute Gasteiger partial charge is 0.495 e. The minimum Gasteiger partial charge on any atom is -0.495 e. The average Bonchev–Trinajstić information content (AvgIpc) is 2.65. The van der Waals surface area contributed by atoms with Gasteiger partial charge in [0.25, 0.3) is 0 Å². The van der Waals surface area contributed by atoms with Gasteiger partial charge in [0.2, 0.25) is 0 Å². The summed E-state index contributed by atoms with van der Waals surface area (Å²) in [5.41, 5.74) is 7.06. The molecule has 0 bridgehead atoms. The Kier molecular flexibility index (Phi) is 2.14. The molecule has 5 heteroatoms. The van der Waals surface area contributed by atoms with Crippen LogP contribution in [0.15, 0.2) is 18.2 Å². The van der Waals surface area contributed by atoms with Gasteiger partial charge in [-0.3, -0.25) is 4.90 Å². The maximum atomic E-state index is 8.44. The number of rotatable bonds is 3. The Hall–Kier alpha value is -1.46. The summed E-state index contributed by atoms with van der Waals surface area (Å²) >= 11 is 0. The lowest BCUT2D eigenvalue weighted by atomic mass is 10.0. The van der Waals surface area contributed by atoms with Gasteiger partial charge in [-0.2, -0.15) is 0 Å². The standard InChI is InChI=1S/C17H28N4O/c1-19-9-11-20(12-10-19)15-5-7-21(8-6-15)16-4-3-14(18)13-17(16)22-2/h3-4,13,15H,5-12,18H2,1-2H3/i1D3,9D2,10D2,11D2,12D2. The molecule has 0 unspecified atom stereocenters. The van der Waals surface area contributed by atoms with Crippen molar-refractivity contribution in [3.8, 4) is 5.75 Å². The number of nitrogens with zero attached hydrogens (tertiary/aromatic N) is 3. The molecule has 2 heterocycles. The molecule has 0 spiro atoms. The Balaban J connectivity index is 1.94. The number of nitrogen functional groups attached to an aromatic ring is 1. The zero-order chi connectivity index (χ0) is 25.2. The van der Waals surface area contributed by atoms with Crippen LogP contribution in [0.1, 0.15) is 27.9 Å². The van der Waals surface area contributed by atoms with Crippen molar-refractivity contribution in [2.45, 2.75) is 18.9 Å². The van der Waals surface area contributed by atoms with Gasteiger partial charge in [-0.1, -0.05) is 0 Å². The van der Waals surface area contributed by atoms with Crippen LogP contribution >= 0.6 is 0 Å². The van der Waals surface area contributed by atoms with E-state index in [9.17, 15) is 0 Å². The van der Waals surface area contributed by atoms with Crippen LogP contribution in [0.2, 0.25) is 0 Å². The summed E-state index contributed by atoms with van der Waals surface area (Å²) in [4.78, 5) is 2.21. The number of nitrogens with two attached hydrogens (primary N) is 1. The summed E-state index contributed by atoms with van der Waals surface area (Å²) in [7, 11) is 1.50. The second-order valence-electron chi connectivity index (χ2n) is 5.30. The molecule has 122 valence electrons. The highest BCUT2D eigenvalue weighted by Gasteiger charge is 2.27. The number of hydrogen-bond acceptors (Lipinski definition) is 5.